The summed E-state index contributed by atoms with van der Waals surface area (Å²) in [6, 6.07) is 0.274. The van der Waals surface area contributed by atoms with Gasteiger partial charge in [-0.1, -0.05) is 0 Å². The van der Waals surface area contributed by atoms with Gasteiger partial charge < -0.3 is 10.1 Å². The highest BCUT2D eigenvalue weighted by Crippen LogP contribution is 2.24. The van der Waals surface area contributed by atoms with Crippen molar-refractivity contribution in [1.82, 2.24) is 4.98 Å². The van der Waals surface area contributed by atoms with Gasteiger partial charge in [0.15, 0.2) is 5.69 Å². The van der Waals surface area contributed by atoms with Crippen molar-refractivity contribution in [2.75, 3.05) is 23.4 Å². The minimum atomic E-state index is -0.670. The van der Waals surface area contributed by atoms with E-state index < -0.39 is 10.8 Å². The number of hydrogen-bond acceptors (Lipinski definition) is 6. The zero-order chi connectivity index (χ0) is 13.0. The van der Waals surface area contributed by atoms with Crippen LogP contribution in [0.2, 0.25) is 0 Å². The molecule has 5 nitrogen and oxygen atoms in total. The lowest BCUT2D eigenvalue weighted by Crippen LogP contribution is -2.29. The summed E-state index contributed by atoms with van der Waals surface area (Å²) in [5.74, 6) is 1.07. The van der Waals surface area contributed by atoms with Crippen LogP contribution in [0.1, 0.15) is 30.3 Å². The summed E-state index contributed by atoms with van der Waals surface area (Å²) in [5.41, 5.74) is 1.99. The van der Waals surface area contributed by atoms with E-state index in [4.69, 9.17) is 4.74 Å². The molecule has 0 amide bonds. The van der Waals surface area contributed by atoms with E-state index in [1.165, 1.54) is 11.3 Å². The molecule has 0 saturated carbocycles. The molecular weight excluding hydrogens is 272 g/mol. The topological polar surface area (TPSA) is 68.3 Å². The molecule has 100 valence electrons. The number of rotatable bonds is 4. The zero-order valence-corrected chi connectivity index (χ0v) is 11.8. The van der Waals surface area contributed by atoms with Gasteiger partial charge in [-0.05, 0) is 19.8 Å². The molecule has 1 fully saturated rings. The maximum absolute atomic E-state index is 11.7. The molecule has 1 N–H and O–H groups in total. The fraction of sp³-hybridized carbons (Fsp3) is 0.636. The molecule has 0 aromatic carbocycles. The molecule has 1 aliphatic heterocycles. The molecule has 0 atom stereocenters. The van der Waals surface area contributed by atoms with Gasteiger partial charge in [0.1, 0.15) is 5.00 Å². The van der Waals surface area contributed by atoms with E-state index in [1.807, 2.05) is 0 Å². The molecule has 1 aromatic heterocycles. The lowest BCUT2D eigenvalue weighted by molar-refractivity contribution is 0.0521. The number of anilines is 1. The van der Waals surface area contributed by atoms with E-state index in [9.17, 15) is 9.00 Å². The summed E-state index contributed by atoms with van der Waals surface area (Å²) in [6.07, 6.45) is 1.74. The van der Waals surface area contributed by atoms with Crippen LogP contribution >= 0.6 is 11.3 Å². The lowest BCUT2D eigenvalue weighted by Gasteiger charge is -2.22. The second kappa shape index (κ2) is 6.29. The Labute approximate surface area is 112 Å². The van der Waals surface area contributed by atoms with Crippen LogP contribution in [0.5, 0.6) is 0 Å². The van der Waals surface area contributed by atoms with Crippen molar-refractivity contribution in [3.8, 4) is 0 Å². The van der Waals surface area contributed by atoms with Crippen molar-refractivity contribution in [1.29, 1.82) is 0 Å². The monoisotopic (exact) mass is 288 g/mol. The lowest BCUT2D eigenvalue weighted by atomic mass is 10.1. The number of ether oxygens (including phenoxy) is 1. The Hall–Kier alpha value is -0.950. The highest BCUT2D eigenvalue weighted by Gasteiger charge is 2.22. The Bertz CT molecular complexity index is 437. The molecule has 7 heteroatoms. The first-order valence-electron chi connectivity index (χ1n) is 5.92. The maximum Gasteiger partial charge on any atom is 0.360 e. The summed E-state index contributed by atoms with van der Waals surface area (Å²) >= 11 is 1.40. The third kappa shape index (κ3) is 3.29. The van der Waals surface area contributed by atoms with Crippen LogP contribution < -0.4 is 5.32 Å². The van der Waals surface area contributed by atoms with Crippen molar-refractivity contribution < 1.29 is 13.7 Å². The molecular formula is C11H16N2O3S2. The van der Waals surface area contributed by atoms with Gasteiger partial charge in [0, 0.05) is 28.3 Å². The van der Waals surface area contributed by atoms with Crippen LogP contribution in [-0.2, 0) is 15.5 Å². The van der Waals surface area contributed by atoms with E-state index in [-0.39, 0.29) is 12.0 Å². The van der Waals surface area contributed by atoms with E-state index in [0.717, 1.165) is 29.3 Å². The Balaban J connectivity index is 1.99. The maximum atomic E-state index is 11.7. The summed E-state index contributed by atoms with van der Waals surface area (Å²) < 4.78 is 16.2. The van der Waals surface area contributed by atoms with Gasteiger partial charge in [0.05, 0.1) is 12.1 Å². The smallest absolute Gasteiger partial charge is 0.360 e. The first-order chi connectivity index (χ1) is 8.70. The predicted octanol–water partition coefficient (Wildman–Crippen LogP) is 1.64. The normalized spacial score (nSPS) is 23.6. The molecule has 0 spiro atoms. The Kier molecular flexibility index (Phi) is 4.71. The molecule has 2 rings (SSSR count). The largest absolute Gasteiger partial charge is 0.461 e. The summed E-state index contributed by atoms with van der Waals surface area (Å²) in [5, 5.41) is 4.07. The van der Waals surface area contributed by atoms with Gasteiger partial charge in [-0.15, -0.1) is 11.3 Å². The molecule has 0 radical (unpaired) electrons. The number of carbonyl (C=O) groups excluding carboxylic acids is 1. The van der Waals surface area contributed by atoms with E-state index in [2.05, 4.69) is 10.3 Å². The average molecular weight is 288 g/mol. The highest BCUT2D eigenvalue weighted by molar-refractivity contribution is 7.85. The minimum absolute atomic E-state index is 0.274. The molecule has 2 heterocycles. The van der Waals surface area contributed by atoms with E-state index >= 15 is 0 Å². The van der Waals surface area contributed by atoms with Crippen molar-refractivity contribution in [3.05, 3.63) is 11.2 Å². The van der Waals surface area contributed by atoms with Gasteiger partial charge in [0.25, 0.3) is 0 Å². The fourth-order valence-electron chi connectivity index (χ4n) is 1.82. The number of carbonyl (C=O) groups is 1. The average Bonchev–Trinajstić information content (AvgIpc) is 2.81. The molecule has 1 aromatic rings. The molecule has 0 aliphatic carbocycles. The van der Waals surface area contributed by atoms with Gasteiger partial charge in [-0.3, -0.25) is 4.21 Å². The van der Waals surface area contributed by atoms with Crippen molar-refractivity contribution in [2.24, 2.45) is 0 Å². The second-order valence-electron chi connectivity index (χ2n) is 4.02. The third-order valence-electron chi connectivity index (χ3n) is 2.76. The molecule has 18 heavy (non-hydrogen) atoms. The van der Waals surface area contributed by atoms with Crippen LogP contribution in [0.3, 0.4) is 0 Å². The minimum Gasteiger partial charge on any atom is -0.461 e. The van der Waals surface area contributed by atoms with Crippen LogP contribution in [0.4, 0.5) is 5.00 Å². The van der Waals surface area contributed by atoms with Gasteiger partial charge in [-0.2, -0.15) is 0 Å². The SMILES string of the molecule is CCOC(=O)c1ncsc1NC1CCS(=O)CC1. The Morgan fingerprint density at radius 2 is 2.33 bits per heavy atom. The summed E-state index contributed by atoms with van der Waals surface area (Å²) in [4.78, 5) is 15.7. The van der Waals surface area contributed by atoms with Crippen LogP contribution in [0, 0.1) is 0 Å². The second-order valence-corrected chi connectivity index (χ2v) is 6.57. The highest BCUT2D eigenvalue weighted by atomic mass is 32.2. The Morgan fingerprint density at radius 3 is 3.00 bits per heavy atom. The first kappa shape index (κ1) is 13.5. The third-order valence-corrected chi connectivity index (χ3v) is 4.90. The van der Waals surface area contributed by atoms with E-state index in [1.54, 1.807) is 12.4 Å². The number of hydrogen-bond donors (Lipinski definition) is 1. The van der Waals surface area contributed by atoms with E-state index in [0.29, 0.717) is 12.3 Å². The molecule has 1 saturated heterocycles. The summed E-state index contributed by atoms with van der Waals surface area (Å²) in [7, 11) is -0.670. The van der Waals surface area contributed by atoms with Crippen LogP contribution in [-0.4, -0.2) is 39.3 Å². The quantitative estimate of drug-likeness (QED) is 0.853. The number of esters is 1. The number of nitrogens with one attached hydrogen (secondary N) is 1. The van der Waals surface area contributed by atoms with Gasteiger partial charge in [0.2, 0.25) is 0 Å². The Morgan fingerprint density at radius 1 is 1.61 bits per heavy atom. The van der Waals surface area contributed by atoms with Crippen molar-refractivity contribution in [3.63, 3.8) is 0 Å². The number of thiazole rings is 1. The molecule has 0 unspecified atom stereocenters. The number of aromatic nitrogens is 1. The first-order valence-corrected chi connectivity index (χ1v) is 8.29. The molecule has 0 bridgehead atoms. The van der Waals surface area contributed by atoms with Crippen molar-refractivity contribution >= 4 is 33.1 Å². The van der Waals surface area contributed by atoms with Gasteiger partial charge >= 0.3 is 5.97 Å². The van der Waals surface area contributed by atoms with Gasteiger partial charge in [-0.25, -0.2) is 9.78 Å². The molecule has 1 aliphatic rings. The summed E-state index contributed by atoms with van der Waals surface area (Å²) in [6.45, 7) is 2.12. The van der Waals surface area contributed by atoms with Crippen LogP contribution in [0.15, 0.2) is 5.51 Å². The predicted molar refractivity (Wildman–Crippen MR) is 72.6 cm³/mol. The standard InChI is InChI=1S/C11H16N2O3S2/c1-2-16-11(14)9-10(17-7-12-9)13-8-3-5-18(15)6-4-8/h7-8,13H,2-6H2,1H3. The number of nitrogens with zero attached hydrogens (tertiary/aromatic N) is 1. The van der Waals surface area contributed by atoms with Crippen LogP contribution in [0.25, 0.3) is 0 Å². The fourth-order valence-corrected chi connectivity index (χ4v) is 3.86. The zero-order valence-electron chi connectivity index (χ0n) is 10.2. The van der Waals surface area contributed by atoms with Crippen molar-refractivity contribution in [2.45, 2.75) is 25.8 Å².